The van der Waals surface area contributed by atoms with Crippen molar-refractivity contribution in [3.63, 3.8) is 0 Å². The highest BCUT2D eigenvalue weighted by atomic mass is 16.5. The highest BCUT2D eigenvalue weighted by molar-refractivity contribution is 5.31. The molecule has 0 fully saturated rings. The summed E-state index contributed by atoms with van der Waals surface area (Å²) in [5.41, 5.74) is 8.20. The van der Waals surface area contributed by atoms with Crippen molar-refractivity contribution in [3.8, 4) is 5.75 Å². The van der Waals surface area contributed by atoms with Crippen LogP contribution in [0.15, 0.2) is 54.6 Å². The quantitative estimate of drug-likeness (QED) is 0.794. The molecule has 0 saturated carbocycles. The van der Waals surface area contributed by atoms with Gasteiger partial charge in [-0.15, -0.1) is 5.10 Å². The van der Waals surface area contributed by atoms with Crippen molar-refractivity contribution in [2.75, 3.05) is 5.73 Å². The molecule has 0 spiro atoms. The monoisotopic (exact) mass is 334 g/mol. The van der Waals surface area contributed by atoms with Gasteiger partial charge in [-0.05, 0) is 29.2 Å². The van der Waals surface area contributed by atoms with Crippen molar-refractivity contribution < 1.29 is 4.74 Å². The molecule has 2 atom stereocenters. The van der Waals surface area contributed by atoms with Gasteiger partial charge in [0.15, 0.2) is 0 Å². The SMILES string of the molecule is CC1Cc2nc(N)nn2CC1c1ccc(OCc2ccccc2)cc1. The predicted molar refractivity (Wildman–Crippen MR) is 97.3 cm³/mol. The molecule has 2 N–H and O–H groups in total. The topological polar surface area (TPSA) is 66.0 Å². The molecule has 0 aliphatic carbocycles. The van der Waals surface area contributed by atoms with Crippen LogP contribution in [-0.2, 0) is 19.6 Å². The van der Waals surface area contributed by atoms with Crippen LogP contribution in [0.3, 0.4) is 0 Å². The van der Waals surface area contributed by atoms with Gasteiger partial charge in [0, 0.05) is 12.3 Å². The molecule has 128 valence electrons. The van der Waals surface area contributed by atoms with Crippen LogP contribution in [0.25, 0.3) is 0 Å². The Balaban J connectivity index is 1.45. The first kappa shape index (κ1) is 15.7. The molecule has 0 radical (unpaired) electrons. The van der Waals surface area contributed by atoms with Gasteiger partial charge in [-0.25, -0.2) is 4.68 Å². The lowest BCUT2D eigenvalue weighted by Gasteiger charge is -2.29. The molecule has 0 saturated heterocycles. The maximum absolute atomic E-state index is 5.88. The first-order chi connectivity index (χ1) is 12.2. The molecular formula is C20H22N4O. The smallest absolute Gasteiger partial charge is 0.239 e. The van der Waals surface area contributed by atoms with Crippen LogP contribution in [0, 0.1) is 5.92 Å². The number of nitrogen functional groups attached to an aromatic ring is 1. The maximum Gasteiger partial charge on any atom is 0.239 e. The molecular weight excluding hydrogens is 312 g/mol. The number of rotatable bonds is 4. The number of aromatic nitrogens is 3. The molecule has 1 aliphatic rings. The number of anilines is 1. The number of benzene rings is 2. The summed E-state index contributed by atoms with van der Waals surface area (Å²) >= 11 is 0. The summed E-state index contributed by atoms with van der Waals surface area (Å²) in [7, 11) is 0. The van der Waals surface area contributed by atoms with E-state index in [1.165, 1.54) is 11.1 Å². The van der Waals surface area contributed by atoms with Crippen LogP contribution in [-0.4, -0.2) is 14.8 Å². The Labute approximate surface area is 147 Å². The van der Waals surface area contributed by atoms with Gasteiger partial charge in [0.25, 0.3) is 0 Å². The Morgan fingerprint density at radius 2 is 1.88 bits per heavy atom. The van der Waals surface area contributed by atoms with Crippen LogP contribution in [0.1, 0.15) is 29.8 Å². The lowest BCUT2D eigenvalue weighted by molar-refractivity contribution is 0.305. The summed E-state index contributed by atoms with van der Waals surface area (Å²) in [6, 6.07) is 18.6. The number of nitrogens with two attached hydrogens (primary N) is 1. The van der Waals surface area contributed by atoms with Gasteiger partial charge in [0.2, 0.25) is 5.95 Å². The average molecular weight is 334 g/mol. The van der Waals surface area contributed by atoms with Crippen molar-refractivity contribution >= 4 is 5.95 Å². The van der Waals surface area contributed by atoms with Crippen LogP contribution in [0.5, 0.6) is 5.75 Å². The molecule has 3 aromatic rings. The van der Waals surface area contributed by atoms with Crippen LogP contribution < -0.4 is 10.5 Å². The molecule has 2 heterocycles. The van der Waals surface area contributed by atoms with E-state index >= 15 is 0 Å². The first-order valence-electron chi connectivity index (χ1n) is 8.65. The Bertz CT molecular complexity index is 842. The third kappa shape index (κ3) is 3.36. The van der Waals surface area contributed by atoms with Gasteiger partial charge in [-0.1, -0.05) is 49.4 Å². The standard InChI is InChI=1S/C20H22N4O/c1-14-11-19-22-20(21)23-24(19)12-18(14)16-7-9-17(10-8-16)25-13-15-5-3-2-4-6-15/h2-10,14,18H,11-13H2,1H3,(H2,21,23). The molecule has 4 rings (SSSR count). The van der Waals surface area contributed by atoms with E-state index in [0.29, 0.717) is 24.4 Å². The molecule has 1 aliphatic heterocycles. The van der Waals surface area contributed by atoms with E-state index in [-0.39, 0.29) is 0 Å². The van der Waals surface area contributed by atoms with Crippen LogP contribution >= 0.6 is 0 Å². The van der Waals surface area contributed by atoms with E-state index in [9.17, 15) is 0 Å². The molecule has 25 heavy (non-hydrogen) atoms. The molecule has 2 unspecified atom stereocenters. The van der Waals surface area contributed by atoms with E-state index in [1.807, 2.05) is 22.9 Å². The molecule has 5 nitrogen and oxygen atoms in total. The van der Waals surface area contributed by atoms with Crippen molar-refractivity contribution in [2.24, 2.45) is 5.92 Å². The van der Waals surface area contributed by atoms with Gasteiger partial charge < -0.3 is 10.5 Å². The summed E-state index contributed by atoms with van der Waals surface area (Å²) in [5.74, 6) is 3.17. The minimum absolute atomic E-state index is 0.368. The highest BCUT2D eigenvalue weighted by Gasteiger charge is 2.28. The largest absolute Gasteiger partial charge is 0.489 e. The fraction of sp³-hybridized carbons (Fsp3) is 0.300. The first-order valence-corrected chi connectivity index (χ1v) is 8.65. The summed E-state index contributed by atoms with van der Waals surface area (Å²) < 4.78 is 7.82. The van der Waals surface area contributed by atoms with Gasteiger partial charge in [-0.2, -0.15) is 4.98 Å². The van der Waals surface area contributed by atoms with Crippen molar-refractivity contribution in [3.05, 3.63) is 71.5 Å². The van der Waals surface area contributed by atoms with Gasteiger partial charge in [-0.3, -0.25) is 0 Å². The van der Waals surface area contributed by atoms with Gasteiger partial charge in [0.1, 0.15) is 18.2 Å². The van der Waals surface area contributed by atoms with Crippen molar-refractivity contribution in [1.29, 1.82) is 0 Å². The summed E-state index contributed by atoms with van der Waals surface area (Å²) in [6.07, 6.45) is 0.904. The minimum atomic E-state index is 0.368. The van der Waals surface area contributed by atoms with Crippen LogP contribution in [0.4, 0.5) is 5.95 Å². The average Bonchev–Trinajstić information content (AvgIpc) is 2.99. The molecule has 0 bridgehead atoms. The fourth-order valence-electron chi connectivity index (χ4n) is 3.47. The number of hydrogen-bond acceptors (Lipinski definition) is 4. The van der Waals surface area contributed by atoms with Gasteiger partial charge >= 0.3 is 0 Å². The number of fused-ring (bicyclic) bond motifs is 1. The van der Waals surface area contributed by atoms with E-state index in [2.05, 4.69) is 53.4 Å². The minimum Gasteiger partial charge on any atom is -0.489 e. The normalized spacial score (nSPS) is 19.4. The number of hydrogen-bond donors (Lipinski definition) is 1. The van der Waals surface area contributed by atoms with E-state index in [1.54, 1.807) is 0 Å². The lowest BCUT2D eigenvalue weighted by Crippen LogP contribution is -2.27. The van der Waals surface area contributed by atoms with E-state index < -0.39 is 0 Å². The zero-order valence-electron chi connectivity index (χ0n) is 14.3. The maximum atomic E-state index is 5.88. The van der Waals surface area contributed by atoms with E-state index in [0.717, 1.165) is 24.5 Å². The van der Waals surface area contributed by atoms with Gasteiger partial charge in [0.05, 0.1) is 6.54 Å². The van der Waals surface area contributed by atoms with Crippen molar-refractivity contribution in [1.82, 2.24) is 14.8 Å². The summed E-state index contributed by atoms with van der Waals surface area (Å²) in [4.78, 5) is 4.31. The molecule has 0 amide bonds. The number of ether oxygens (including phenoxy) is 1. The zero-order valence-corrected chi connectivity index (χ0v) is 14.3. The highest BCUT2D eigenvalue weighted by Crippen LogP contribution is 2.33. The summed E-state index contributed by atoms with van der Waals surface area (Å²) in [5, 5.41) is 4.30. The lowest BCUT2D eigenvalue weighted by atomic mass is 9.83. The third-order valence-electron chi connectivity index (χ3n) is 4.88. The predicted octanol–water partition coefficient (Wildman–Crippen LogP) is 3.42. The Morgan fingerprint density at radius 3 is 2.64 bits per heavy atom. The van der Waals surface area contributed by atoms with Crippen molar-refractivity contribution in [2.45, 2.75) is 32.4 Å². The molecule has 5 heteroatoms. The Morgan fingerprint density at radius 1 is 1.12 bits per heavy atom. The fourth-order valence-corrected chi connectivity index (χ4v) is 3.47. The Kier molecular flexibility index (Phi) is 4.14. The summed E-state index contributed by atoms with van der Waals surface area (Å²) in [6.45, 7) is 3.67. The van der Waals surface area contributed by atoms with E-state index in [4.69, 9.17) is 10.5 Å². The Hall–Kier alpha value is -2.82. The third-order valence-corrected chi connectivity index (χ3v) is 4.88. The second kappa shape index (κ2) is 6.59. The van der Waals surface area contributed by atoms with Crippen LogP contribution in [0.2, 0.25) is 0 Å². The molecule has 1 aromatic heterocycles. The number of nitrogens with zero attached hydrogens (tertiary/aromatic N) is 3. The second-order valence-electron chi connectivity index (χ2n) is 6.70. The zero-order chi connectivity index (χ0) is 17.2. The molecule has 2 aromatic carbocycles. The second-order valence-corrected chi connectivity index (χ2v) is 6.70.